The number of hydrogen-bond acceptors (Lipinski definition) is 2. The molecule has 0 N–H and O–H groups in total. The molecule has 2 nitrogen and oxygen atoms in total. The van der Waals surface area contributed by atoms with Crippen LogP contribution in [0.3, 0.4) is 0 Å². The summed E-state index contributed by atoms with van der Waals surface area (Å²) in [7, 11) is 0. The van der Waals surface area contributed by atoms with E-state index in [4.69, 9.17) is 0 Å². The molecule has 0 aliphatic rings. The van der Waals surface area contributed by atoms with Crippen molar-refractivity contribution in [2.75, 3.05) is 4.90 Å². The first-order valence-electron chi connectivity index (χ1n) is 18.6. The van der Waals surface area contributed by atoms with Gasteiger partial charge in [0.2, 0.25) is 0 Å². The standard InChI is InChI=1S/C51H38N2S/c1-33-15-13-19-38(29-33)52(40-30-34(2)49(35(3)31-40)36-16-5-4-6-17-36)47-28-27-41(51-50(47)44-23-9-12-26-48(44)54-51)37-18-14-20-39(32-37)53-45-24-10-7-21-42(45)43-22-8-11-25-46(43)53/h4-32H,1-3H3. The number of rotatable bonds is 6. The highest BCUT2D eigenvalue weighted by Gasteiger charge is 2.23. The number of aryl methyl sites for hydroxylation is 3. The van der Waals surface area contributed by atoms with Gasteiger partial charge in [-0.25, -0.2) is 0 Å². The van der Waals surface area contributed by atoms with Crippen molar-refractivity contribution in [3.63, 3.8) is 0 Å². The van der Waals surface area contributed by atoms with E-state index in [1.807, 2.05) is 11.3 Å². The van der Waals surface area contributed by atoms with Crippen molar-refractivity contribution in [1.29, 1.82) is 0 Å². The third-order valence-corrected chi connectivity index (χ3v) is 12.0. The van der Waals surface area contributed by atoms with E-state index >= 15 is 0 Å². The van der Waals surface area contributed by atoms with Crippen molar-refractivity contribution in [1.82, 2.24) is 4.57 Å². The van der Waals surface area contributed by atoms with Gasteiger partial charge in [-0.05, 0) is 120 Å². The van der Waals surface area contributed by atoms with Crippen molar-refractivity contribution in [3.05, 3.63) is 193 Å². The maximum Gasteiger partial charge on any atom is 0.0555 e. The third-order valence-electron chi connectivity index (χ3n) is 10.8. The van der Waals surface area contributed by atoms with Gasteiger partial charge < -0.3 is 9.47 Å². The van der Waals surface area contributed by atoms with Crippen LogP contribution in [-0.4, -0.2) is 4.57 Å². The second kappa shape index (κ2) is 12.9. The zero-order valence-corrected chi connectivity index (χ0v) is 31.4. The number of aromatic nitrogens is 1. The summed E-state index contributed by atoms with van der Waals surface area (Å²) in [6.07, 6.45) is 0. The molecule has 0 saturated carbocycles. The Kier molecular flexibility index (Phi) is 7.71. The Bertz CT molecular complexity index is 2960. The molecule has 0 fully saturated rings. The van der Waals surface area contributed by atoms with Crippen LogP contribution in [0.2, 0.25) is 0 Å². The molecule has 0 aliphatic carbocycles. The average molecular weight is 711 g/mol. The first-order chi connectivity index (χ1) is 26.5. The fourth-order valence-corrected chi connectivity index (χ4v) is 9.82. The van der Waals surface area contributed by atoms with E-state index in [1.54, 1.807) is 0 Å². The van der Waals surface area contributed by atoms with Gasteiger partial charge in [0, 0.05) is 48.0 Å². The quantitative estimate of drug-likeness (QED) is 0.167. The fraction of sp³-hybridized carbons (Fsp3) is 0.0588. The molecule has 0 atom stereocenters. The van der Waals surface area contributed by atoms with E-state index in [9.17, 15) is 0 Å². The molecule has 0 spiro atoms. The van der Waals surface area contributed by atoms with Gasteiger partial charge in [0.25, 0.3) is 0 Å². The molecule has 10 rings (SSSR count). The van der Waals surface area contributed by atoms with E-state index < -0.39 is 0 Å². The number of thiophene rings is 1. The number of para-hydroxylation sites is 2. The predicted molar refractivity (Wildman–Crippen MR) is 233 cm³/mol. The first kappa shape index (κ1) is 32.2. The van der Waals surface area contributed by atoms with Gasteiger partial charge in [-0.2, -0.15) is 0 Å². The van der Waals surface area contributed by atoms with Crippen LogP contribution in [0, 0.1) is 20.8 Å². The van der Waals surface area contributed by atoms with Crippen LogP contribution >= 0.6 is 11.3 Å². The summed E-state index contributed by atoms with van der Waals surface area (Å²) in [5, 5.41) is 5.10. The van der Waals surface area contributed by atoms with Crippen molar-refractivity contribution >= 4 is 70.4 Å². The van der Waals surface area contributed by atoms with E-state index in [0.717, 1.165) is 17.1 Å². The maximum absolute atomic E-state index is 2.47. The first-order valence-corrected chi connectivity index (χ1v) is 19.4. The van der Waals surface area contributed by atoms with Crippen LogP contribution in [0.25, 0.3) is 69.9 Å². The second-order valence-corrected chi connectivity index (χ2v) is 15.4. The number of benzene rings is 8. The molecular weight excluding hydrogens is 673 g/mol. The van der Waals surface area contributed by atoms with Crippen molar-refractivity contribution in [3.8, 4) is 27.9 Å². The molecule has 3 heteroatoms. The molecule has 0 bridgehead atoms. The van der Waals surface area contributed by atoms with Crippen LogP contribution in [-0.2, 0) is 0 Å². The number of fused-ring (bicyclic) bond motifs is 6. The summed E-state index contributed by atoms with van der Waals surface area (Å²) in [6.45, 7) is 6.67. The lowest BCUT2D eigenvalue weighted by Crippen LogP contribution is -2.11. The molecule has 2 aromatic heterocycles. The smallest absolute Gasteiger partial charge is 0.0555 e. The Morgan fingerprint density at radius 1 is 0.481 bits per heavy atom. The Labute approximate surface area is 319 Å². The molecule has 54 heavy (non-hydrogen) atoms. The highest BCUT2D eigenvalue weighted by Crippen LogP contribution is 2.49. The van der Waals surface area contributed by atoms with Gasteiger partial charge in [-0.15, -0.1) is 11.3 Å². The van der Waals surface area contributed by atoms with Crippen LogP contribution in [0.5, 0.6) is 0 Å². The summed E-state index contributed by atoms with van der Waals surface area (Å²) >= 11 is 1.89. The lowest BCUT2D eigenvalue weighted by Gasteiger charge is -2.29. The Balaban J connectivity index is 1.20. The lowest BCUT2D eigenvalue weighted by molar-refractivity contribution is 1.18. The molecule has 10 aromatic rings. The van der Waals surface area contributed by atoms with Crippen LogP contribution in [0.15, 0.2) is 176 Å². The largest absolute Gasteiger partial charge is 0.310 e. The van der Waals surface area contributed by atoms with Gasteiger partial charge in [-0.3, -0.25) is 0 Å². The average Bonchev–Trinajstić information content (AvgIpc) is 3.75. The lowest BCUT2D eigenvalue weighted by atomic mass is 9.94. The number of anilines is 3. The molecule has 0 saturated heterocycles. The number of hydrogen-bond donors (Lipinski definition) is 0. The minimum atomic E-state index is 1.15. The fourth-order valence-electron chi connectivity index (χ4n) is 8.56. The van der Waals surface area contributed by atoms with Crippen molar-refractivity contribution in [2.24, 2.45) is 0 Å². The maximum atomic E-state index is 2.47. The highest BCUT2D eigenvalue weighted by molar-refractivity contribution is 7.26. The Morgan fingerprint density at radius 3 is 1.83 bits per heavy atom. The van der Waals surface area contributed by atoms with E-state index in [-0.39, 0.29) is 0 Å². The molecule has 0 radical (unpaired) electrons. The van der Waals surface area contributed by atoms with Crippen LogP contribution in [0.1, 0.15) is 16.7 Å². The van der Waals surface area contributed by atoms with Gasteiger partial charge in [0.1, 0.15) is 0 Å². The molecule has 2 heterocycles. The van der Waals surface area contributed by atoms with Crippen LogP contribution in [0.4, 0.5) is 17.1 Å². The normalized spacial score (nSPS) is 11.6. The summed E-state index contributed by atoms with van der Waals surface area (Å²) in [5.74, 6) is 0. The zero-order chi connectivity index (χ0) is 36.3. The molecule has 0 aliphatic heterocycles. The minimum absolute atomic E-state index is 1.15. The van der Waals surface area contributed by atoms with E-state index in [1.165, 1.54) is 86.6 Å². The molecular formula is C51H38N2S. The van der Waals surface area contributed by atoms with Gasteiger partial charge in [-0.1, -0.05) is 115 Å². The van der Waals surface area contributed by atoms with E-state index in [0.29, 0.717) is 0 Å². The van der Waals surface area contributed by atoms with E-state index in [2.05, 4.69) is 206 Å². The molecule has 0 unspecified atom stereocenters. The molecule has 8 aromatic carbocycles. The van der Waals surface area contributed by atoms with Gasteiger partial charge >= 0.3 is 0 Å². The summed E-state index contributed by atoms with van der Waals surface area (Å²) in [4.78, 5) is 2.47. The second-order valence-electron chi connectivity index (χ2n) is 14.3. The zero-order valence-electron chi connectivity index (χ0n) is 30.5. The number of nitrogens with zero attached hydrogens (tertiary/aromatic N) is 2. The summed E-state index contributed by atoms with van der Waals surface area (Å²) in [6, 6.07) is 64.5. The molecule has 258 valence electrons. The van der Waals surface area contributed by atoms with Crippen LogP contribution < -0.4 is 4.90 Å². The van der Waals surface area contributed by atoms with Gasteiger partial charge in [0.05, 0.1) is 16.7 Å². The topological polar surface area (TPSA) is 8.17 Å². The highest BCUT2D eigenvalue weighted by atomic mass is 32.1. The van der Waals surface area contributed by atoms with Crippen molar-refractivity contribution in [2.45, 2.75) is 20.8 Å². The summed E-state index contributed by atoms with van der Waals surface area (Å²) < 4.78 is 4.99. The summed E-state index contributed by atoms with van der Waals surface area (Å²) in [5.41, 5.74) is 15.9. The SMILES string of the molecule is Cc1cccc(N(c2cc(C)c(-c3ccccc3)c(C)c2)c2ccc(-c3cccc(-n4c5ccccc5c5ccccc54)c3)c3sc4ccccc4c23)c1. The predicted octanol–water partition coefficient (Wildman–Crippen LogP) is 14.9. The minimum Gasteiger partial charge on any atom is -0.310 e. The Morgan fingerprint density at radius 2 is 1.11 bits per heavy atom. The van der Waals surface area contributed by atoms with Crippen molar-refractivity contribution < 1.29 is 0 Å². The van der Waals surface area contributed by atoms with Gasteiger partial charge in [0.15, 0.2) is 0 Å². The monoisotopic (exact) mass is 710 g/mol. The molecule has 0 amide bonds. The Hall–Kier alpha value is -6.42. The third kappa shape index (κ3) is 5.23.